The van der Waals surface area contributed by atoms with Crippen molar-refractivity contribution in [2.75, 3.05) is 5.32 Å². The first kappa shape index (κ1) is 17.3. The van der Waals surface area contributed by atoms with E-state index in [1.165, 1.54) is 12.4 Å². The number of halogens is 2. The summed E-state index contributed by atoms with van der Waals surface area (Å²) in [5, 5.41) is 9.35. The number of aromatic amines is 1. The number of nitrogens with one attached hydrogen (secondary N) is 2. The van der Waals surface area contributed by atoms with Crippen molar-refractivity contribution >= 4 is 17.5 Å². The van der Waals surface area contributed by atoms with Crippen LogP contribution in [-0.2, 0) is 0 Å². The van der Waals surface area contributed by atoms with Gasteiger partial charge in [0.1, 0.15) is 23.5 Å². The zero-order valence-corrected chi connectivity index (χ0v) is 14.1. The third-order valence-corrected chi connectivity index (χ3v) is 3.87. The van der Waals surface area contributed by atoms with Crippen LogP contribution in [0.2, 0.25) is 0 Å². The van der Waals surface area contributed by atoms with E-state index in [1.54, 1.807) is 24.3 Å². The number of nitrogens with two attached hydrogens (primary N) is 1. The van der Waals surface area contributed by atoms with Crippen LogP contribution in [0.5, 0.6) is 0 Å². The molecule has 0 spiro atoms. The van der Waals surface area contributed by atoms with Crippen LogP contribution in [0, 0.1) is 11.6 Å². The molecule has 1 amide bonds. The second kappa shape index (κ2) is 6.91. The molecular formula is C18H12F2N6O2. The fourth-order valence-corrected chi connectivity index (χ4v) is 2.57. The van der Waals surface area contributed by atoms with Gasteiger partial charge in [-0.3, -0.25) is 9.89 Å². The zero-order chi connectivity index (χ0) is 19.7. The molecule has 4 N–H and O–H groups in total. The molecule has 0 aliphatic rings. The summed E-state index contributed by atoms with van der Waals surface area (Å²) in [4.78, 5) is 19.6. The van der Waals surface area contributed by atoms with Crippen molar-refractivity contribution in [3.63, 3.8) is 0 Å². The molecule has 4 rings (SSSR count). The van der Waals surface area contributed by atoms with Gasteiger partial charge in [0.25, 0.3) is 5.91 Å². The van der Waals surface area contributed by atoms with Gasteiger partial charge in [-0.15, -0.1) is 0 Å². The predicted octanol–water partition coefficient (Wildman–Crippen LogP) is 3.25. The van der Waals surface area contributed by atoms with Crippen LogP contribution in [0.15, 0.2) is 53.2 Å². The summed E-state index contributed by atoms with van der Waals surface area (Å²) in [6.07, 6.45) is 1.39. The summed E-state index contributed by atoms with van der Waals surface area (Å²) in [6, 6.07) is 10.2. The first-order valence-electron chi connectivity index (χ1n) is 8.01. The molecule has 0 unspecified atom stereocenters. The lowest BCUT2D eigenvalue weighted by molar-refractivity contribution is 0.0996. The van der Waals surface area contributed by atoms with Crippen LogP contribution in [0.4, 0.5) is 20.4 Å². The van der Waals surface area contributed by atoms with E-state index in [0.29, 0.717) is 11.5 Å². The van der Waals surface area contributed by atoms with Crippen molar-refractivity contribution in [3.8, 4) is 22.8 Å². The molecule has 0 bridgehead atoms. The van der Waals surface area contributed by atoms with Crippen molar-refractivity contribution in [2.45, 2.75) is 0 Å². The van der Waals surface area contributed by atoms with E-state index in [2.05, 4.69) is 25.5 Å². The normalized spacial score (nSPS) is 10.8. The van der Waals surface area contributed by atoms with Crippen molar-refractivity contribution in [3.05, 3.63) is 66.1 Å². The first-order chi connectivity index (χ1) is 13.5. The van der Waals surface area contributed by atoms with Crippen molar-refractivity contribution in [1.82, 2.24) is 20.2 Å². The monoisotopic (exact) mass is 382 g/mol. The number of benzene rings is 2. The average molecular weight is 382 g/mol. The zero-order valence-electron chi connectivity index (χ0n) is 14.1. The summed E-state index contributed by atoms with van der Waals surface area (Å²) in [6.45, 7) is 0. The number of nitrogens with zero attached hydrogens (tertiary/aromatic N) is 3. The molecule has 0 fully saturated rings. The number of aromatic nitrogens is 4. The number of hydrogen-bond acceptors (Lipinski definition) is 6. The Morgan fingerprint density at radius 1 is 1.11 bits per heavy atom. The molecule has 8 nitrogen and oxygen atoms in total. The van der Waals surface area contributed by atoms with Crippen molar-refractivity contribution in [1.29, 1.82) is 0 Å². The van der Waals surface area contributed by atoms with E-state index in [-0.39, 0.29) is 11.6 Å². The number of H-pyrrole nitrogens is 1. The van der Waals surface area contributed by atoms with Gasteiger partial charge in [0.05, 0.1) is 0 Å². The van der Waals surface area contributed by atoms with E-state index < -0.39 is 29.0 Å². The summed E-state index contributed by atoms with van der Waals surface area (Å²) < 4.78 is 33.4. The van der Waals surface area contributed by atoms with Crippen molar-refractivity contribution < 1.29 is 18.0 Å². The van der Waals surface area contributed by atoms with Gasteiger partial charge in [-0.2, -0.15) is 5.10 Å². The molecule has 0 atom stereocenters. The molecule has 140 valence electrons. The second-order valence-electron chi connectivity index (χ2n) is 5.69. The molecule has 0 aliphatic heterocycles. The Kier molecular flexibility index (Phi) is 4.28. The third kappa shape index (κ3) is 3.18. The molecule has 0 saturated heterocycles. The van der Waals surface area contributed by atoms with Crippen LogP contribution in [0.1, 0.15) is 10.5 Å². The third-order valence-electron chi connectivity index (χ3n) is 3.87. The van der Waals surface area contributed by atoms with E-state index in [9.17, 15) is 13.6 Å². The highest BCUT2D eigenvalue weighted by atomic mass is 19.1. The number of rotatable bonds is 5. The molecule has 10 heteroatoms. The first-order valence-corrected chi connectivity index (χ1v) is 8.01. The van der Waals surface area contributed by atoms with E-state index >= 15 is 0 Å². The Hall–Kier alpha value is -4.08. The minimum Gasteiger partial charge on any atom is -0.419 e. The molecule has 0 radical (unpaired) electrons. The van der Waals surface area contributed by atoms with E-state index in [0.717, 1.165) is 17.7 Å². The molecule has 0 aliphatic carbocycles. The molecule has 2 aromatic carbocycles. The summed E-state index contributed by atoms with van der Waals surface area (Å²) in [5.74, 6) is -2.60. The van der Waals surface area contributed by atoms with Gasteiger partial charge in [0.2, 0.25) is 11.8 Å². The average Bonchev–Trinajstić information content (AvgIpc) is 3.33. The lowest BCUT2D eigenvalue weighted by Gasteiger charge is -2.05. The van der Waals surface area contributed by atoms with Gasteiger partial charge < -0.3 is 15.5 Å². The topological polar surface area (TPSA) is 123 Å². The Bertz CT molecular complexity index is 1120. The molecule has 4 aromatic rings. The van der Waals surface area contributed by atoms with Crippen molar-refractivity contribution in [2.24, 2.45) is 5.73 Å². The number of amides is 1. The lowest BCUT2D eigenvalue weighted by atomic mass is 10.2. The van der Waals surface area contributed by atoms with Crippen LogP contribution >= 0.6 is 0 Å². The van der Waals surface area contributed by atoms with Gasteiger partial charge >= 0.3 is 0 Å². The number of anilines is 2. The van der Waals surface area contributed by atoms with E-state index in [4.69, 9.17) is 10.2 Å². The Morgan fingerprint density at radius 3 is 2.43 bits per heavy atom. The van der Waals surface area contributed by atoms with Crippen LogP contribution in [-0.4, -0.2) is 26.1 Å². The number of oxazole rings is 1. The lowest BCUT2D eigenvalue weighted by Crippen LogP contribution is -2.13. The number of primary amides is 1. The predicted molar refractivity (Wildman–Crippen MR) is 95.5 cm³/mol. The highest BCUT2D eigenvalue weighted by molar-refractivity contribution is 5.96. The van der Waals surface area contributed by atoms with Crippen LogP contribution < -0.4 is 11.1 Å². The van der Waals surface area contributed by atoms with Crippen LogP contribution in [0.3, 0.4) is 0 Å². The van der Waals surface area contributed by atoms with Gasteiger partial charge in [0, 0.05) is 11.3 Å². The minimum atomic E-state index is -0.910. The van der Waals surface area contributed by atoms with Crippen LogP contribution in [0.25, 0.3) is 22.8 Å². The summed E-state index contributed by atoms with van der Waals surface area (Å²) in [7, 11) is 0. The van der Waals surface area contributed by atoms with Gasteiger partial charge in [-0.1, -0.05) is 6.07 Å². The summed E-state index contributed by atoms with van der Waals surface area (Å²) in [5.41, 5.74) is 5.86. The number of hydrogen-bond donors (Lipinski definition) is 3. The molecule has 2 aromatic heterocycles. The van der Waals surface area contributed by atoms with Gasteiger partial charge in [0.15, 0.2) is 11.5 Å². The second-order valence-corrected chi connectivity index (χ2v) is 5.69. The standard InChI is InChI=1S/C18H12F2N6O2/c19-11-2-1-3-12(20)13(11)17-25-14(15(21)27)18(28-17)24-10-6-4-9(5-7-10)16-22-8-23-26-16/h1-8,24H,(H2,21,27)(H,22,23,26). The van der Waals surface area contributed by atoms with Gasteiger partial charge in [-0.25, -0.2) is 18.7 Å². The fraction of sp³-hybridized carbons (Fsp3) is 0. The quantitative estimate of drug-likeness (QED) is 0.487. The Labute approximate surface area is 156 Å². The molecular weight excluding hydrogens is 370 g/mol. The Morgan fingerprint density at radius 2 is 1.82 bits per heavy atom. The largest absolute Gasteiger partial charge is 0.419 e. The smallest absolute Gasteiger partial charge is 0.273 e. The number of carbonyl (C=O) groups is 1. The SMILES string of the molecule is NC(=O)c1nc(-c2c(F)cccc2F)oc1Nc1ccc(-c2ncn[nH]2)cc1. The highest BCUT2D eigenvalue weighted by Gasteiger charge is 2.23. The number of carbonyl (C=O) groups excluding carboxylic acids is 1. The van der Waals surface area contributed by atoms with E-state index in [1.807, 2.05) is 0 Å². The Balaban J connectivity index is 1.68. The summed E-state index contributed by atoms with van der Waals surface area (Å²) >= 11 is 0. The maximum absolute atomic E-state index is 14.0. The molecule has 2 heterocycles. The maximum atomic E-state index is 14.0. The maximum Gasteiger partial charge on any atom is 0.273 e. The highest BCUT2D eigenvalue weighted by Crippen LogP contribution is 2.31. The minimum absolute atomic E-state index is 0.127. The van der Waals surface area contributed by atoms with Gasteiger partial charge in [-0.05, 0) is 36.4 Å². The fourth-order valence-electron chi connectivity index (χ4n) is 2.57. The molecule has 28 heavy (non-hydrogen) atoms. The molecule has 0 saturated carbocycles.